The van der Waals surface area contributed by atoms with Crippen molar-refractivity contribution >= 4 is 28.4 Å². The minimum atomic E-state index is -0.556. The minimum absolute atomic E-state index is 0.00547. The largest absolute Gasteiger partial charge is 0.356 e. The number of carbonyl (C=O) groups is 1. The number of aryl methyl sites for hydroxylation is 2. The Morgan fingerprint density at radius 2 is 2.07 bits per heavy atom. The fourth-order valence-corrected chi connectivity index (χ4v) is 3.99. The first kappa shape index (κ1) is 18.4. The van der Waals surface area contributed by atoms with Crippen molar-refractivity contribution in [1.82, 2.24) is 15.0 Å². The summed E-state index contributed by atoms with van der Waals surface area (Å²) in [4.78, 5) is 27.3. The standard InChI is InChI=1S/C21H26N6O/c1-14-4-3-5-16(10-14)26-20(28)21(12-22)6-8-27(9-7-21)19-17-15(2)11-23-18(17)24-13-25-19/h3-5,10-11,13H,6-9,12,22H2,1-2H3,(H,26,28)(H,23,24,25). The number of nitrogens with zero attached hydrogens (tertiary/aromatic N) is 3. The number of benzene rings is 1. The monoisotopic (exact) mass is 378 g/mol. The second-order valence-corrected chi connectivity index (χ2v) is 7.69. The van der Waals surface area contributed by atoms with Crippen molar-refractivity contribution in [3.05, 3.63) is 47.9 Å². The van der Waals surface area contributed by atoms with Crippen LogP contribution in [-0.2, 0) is 4.79 Å². The van der Waals surface area contributed by atoms with Crippen molar-refractivity contribution in [3.8, 4) is 0 Å². The number of amides is 1. The molecule has 1 saturated heterocycles. The predicted octanol–water partition coefficient (Wildman–Crippen LogP) is 2.76. The normalized spacial score (nSPS) is 16.3. The number of rotatable bonds is 4. The van der Waals surface area contributed by atoms with Gasteiger partial charge in [-0.05, 0) is 49.9 Å². The van der Waals surface area contributed by atoms with E-state index in [1.54, 1.807) is 6.33 Å². The maximum atomic E-state index is 13.1. The number of fused-ring (bicyclic) bond motifs is 1. The Morgan fingerprint density at radius 3 is 2.79 bits per heavy atom. The van der Waals surface area contributed by atoms with Crippen LogP contribution in [0.1, 0.15) is 24.0 Å². The van der Waals surface area contributed by atoms with E-state index in [4.69, 9.17) is 5.73 Å². The van der Waals surface area contributed by atoms with Crippen molar-refractivity contribution in [2.24, 2.45) is 11.1 Å². The van der Waals surface area contributed by atoms with E-state index in [-0.39, 0.29) is 5.91 Å². The molecule has 0 saturated carbocycles. The quantitative estimate of drug-likeness (QED) is 0.648. The van der Waals surface area contributed by atoms with Gasteiger partial charge in [-0.2, -0.15) is 0 Å². The molecule has 7 nitrogen and oxygen atoms in total. The number of aromatic nitrogens is 3. The molecule has 0 radical (unpaired) electrons. The lowest BCUT2D eigenvalue weighted by molar-refractivity contribution is -0.126. The van der Waals surface area contributed by atoms with E-state index in [0.29, 0.717) is 19.4 Å². The van der Waals surface area contributed by atoms with Crippen molar-refractivity contribution in [2.45, 2.75) is 26.7 Å². The van der Waals surface area contributed by atoms with Crippen LogP contribution in [-0.4, -0.2) is 40.5 Å². The molecular formula is C21H26N6O. The molecule has 3 heterocycles. The number of H-pyrrole nitrogens is 1. The molecule has 3 aromatic rings. The fraction of sp³-hybridized carbons (Fsp3) is 0.381. The molecule has 7 heteroatoms. The van der Waals surface area contributed by atoms with Crippen LogP contribution in [0.5, 0.6) is 0 Å². The SMILES string of the molecule is Cc1cccc(NC(=O)C2(CN)CCN(c3ncnc4[nH]cc(C)c34)CC2)c1. The van der Waals surface area contributed by atoms with Crippen molar-refractivity contribution in [2.75, 3.05) is 29.9 Å². The number of aromatic amines is 1. The van der Waals surface area contributed by atoms with Crippen molar-refractivity contribution in [3.63, 3.8) is 0 Å². The second-order valence-electron chi connectivity index (χ2n) is 7.69. The van der Waals surface area contributed by atoms with Gasteiger partial charge < -0.3 is 20.9 Å². The van der Waals surface area contributed by atoms with E-state index in [2.05, 4.69) is 32.1 Å². The molecule has 1 aromatic carbocycles. The van der Waals surface area contributed by atoms with Gasteiger partial charge in [0.15, 0.2) is 0 Å². The second kappa shape index (κ2) is 7.24. The summed E-state index contributed by atoms with van der Waals surface area (Å²) in [6.45, 7) is 5.86. The third kappa shape index (κ3) is 3.22. The zero-order chi connectivity index (χ0) is 19.7. The Hall–Kier alpha value is -2.93. The molecule has 1 amide bonds. The molecule has 146 valence electrons. The highest BCUT2D eigenvalue weighted by atomic mass is 16.2. The Morgan fingerprint density at radius 1 is 1.29 bits per heavy atom. The molecule has 0 spiro atoms. The Bertz CT molecular complexity index is 1000. The van der Waals surface area contributed by atoms with Gasteiger partial charge in [-0.1, -0.05) is 12.1 Å². The zero-order valence-electron chi connectivity index (χ0n) is 16.3. The number of anilines is 2. The van der Waals surface area contributed by atoms with Crippen LogP contribution in [0.25, 0.3) is 11.0 Å². The number of piperidine rings is 1. The van der Waals surface area contributed by atoms with E-state index in [9.17, 15) is 4.79 Å². The minimum Gasteiger partial charge on any atom is -0.356 e. The summed E-state index contributed by atoms with van der Waals surface area (Å²) < 4.78 is 0. The van der Waals surface area contributed by atoms with Gasteiger partial charge >= 0.3 is 0 Å². The van der Waals surface area contributed by atoms with Gasteiger partial charge in [0.05, 0.1) is 10.8 Å². The van der Waals surface area contributed by atoms with Crippen LogP contribution in [0.15, 0.2) is 36.8 Å². The number of carbonyl (C=O) groups excluding carboxylic acids is 1. The van der Waals surface area contributed by atoms with Gasteiger partial charge in [0.2, 0.25) is 5.91 Å². The van der Waals surface area contributed by atoms with Crippen LogP contribution < -0.4 is 16.0 Å². The molecule has 1 aliphatic rings. The summed E-state index contributed by atoms with van der Waals surface area (Å²) in [5.41, 5.74) is 9.44. The fourth-order valence-electron chi connectivity index (χ4n) is 3.99. The molecule has 28 heavy (non-hydrogen) atoms. The molecular weight excluding hydrogens is 352 g/mol. The lowest BCUT2D eigenvalue weighted by Crippen LogP contribution is -2.50. The third-order valence-corrected chi connectivity index (χ3v) is 5.82. The summed E-state index contributed by atoms with van der Waals surface area (Å²) in [6.07, 6.45) is 4.92. The van der Waals surface area contributed by atoms with Crippen LogP contribution in [0.2, 0.25) is 0 Å². The molecule has 0 bridgehead atoms. The van der Waals surface area contributed by atoms with Crippen molar-refractivity contribution < 1.29 is 4.79 Å². The molecule has 0 aliphatic carbocycles. The van der Waals surface area contributed by atoms with Gasteiger partial charge in [0.25, 0.3) is 0 Å². The molecule has 1 fully saturated rings. The summed E-state index contributed by atoms with van der Waals surface area (Å²) in [5, 5.41) is 4.11. The van der Waals surface area contributed by atoms with Gasteiger partial charge in [0, 0.05) is 31.5 Å². The molecule has 0 atom stereocenters. The first-order chi connectivity index (χ1) is 13.5. The van der Waals surface area contributed by atoms with Crippen molar-refractivity contribution in [1.29, 1.82) is 0 Å². The average Bonchev–Trinajstić information content (AvgIpc) is 3.09. The van der Waals surface area contributed by atoms with E-state index >= 15 is 0 Å². The lowest BCUT2D eigenvalue weighted by atomic mass is 9.77. The van der Waals surface area contributed by atoms with E-state index < -0.39 is 5.41 Å². The van der Waals surface area contributed by atoms with Crippen LogP contribution in [0, 0.1) is 19.3 Å². The van der Waals surface area contributed by atoms with Gasteiger partial charge in [-0.25, -0.2) is 9.97 Å². The first-order valence-corrected chi connectivity index (χ1v) is 9.64. The Balaban J connectivity index is 1.52. The van der Waals surface area contributed by atoms with E-state index in [1.165, 1.54) is 0 Å². The summed E-state index contributed by atoms with van der Waals surface area (Å²) >= 11 is 0. The molecule has 4 rings (SSSR count). The van der Waals surface area contributed by atoms with Gasteiger partial charge in [0.1, 0.15) is 17.8 Å². The van der Waals surface area contributed by atoms with Crippen LogP contribution in [0.4, 0.5) is 11.5 Å². The Kier molecular flexibility index (Phi) is 4.77. The van der Waals surface area contributed by atoms with Crippen LogP contribution >= 0.6 is 0 Å². The number of hydrogen-bond acceptors (Lipinski definition) is 5. The predicted molar refractivity (Wildman–Crippen MR) is 111 cm³/mol. The van der Waals surface area contributed by atoms with E-state index in [1.807, 2.05) is 37.4 Å². The maximum Gasteiger partial charge on any atom is 0.232 e. The molecule has 1 aliphatic heterocycles. The van der Waals surface area contributed by atoms with E-state index in [0.717, 1.165) is 46.8 Å². The van der Waals surface area contributed by atoms with Gasteiger partial charge in [-0.3, -0.25) is 4.79 Å². The molecule has 4 N–H and O–H groups in total. The average molecular weight is 378 g/mol. The van der Waals surface area contributed by atoms with Crippen LogP contribution in [0.3, 0.4) is 0 Å². The number of nitrogens with one attached hydrogen (secondary N) is 2. The third-order valence-electron chi connectivity index (χ3n) is 5.82. The molecule has 2 aromatic heterocycles. The summed E-state index contributed by atoms with van der Waals surface area (Å²) in [6, 6.07) is 7.85. The highest BCUT2D eigenvalue weighted by molar-refractivity contribution is 5.96. The number of nitrogens with two attached hydrogens (primary N) is 1. The molecule has 0 unspecified atom stereocenters. The highest BCUT2D eigenvalue weighted by Crippen LogP contribution is 2.35. The lowest BCUT2D eigenvalue weighted by Gasteiger charge is -2.40. The number of hydrogen-bond donors (Lipinski definition) is 3. The maximum absolute atomic E-state index is 13.1. The summed E-state index contributed by atoms with van der Waals surface area (Å²) in [7, 11) is 0. The highest BCUT2D eigenvalue weighted by Gasteiger charge is 2.41. The first-order valence-electron chi connectivity index (χ1n) is 9.64. The summed E-state index contributed by atoms with van der Waals surface area (Å²) in [5.74, 6) is 0.930. The van der Waals surface area contributed by atoms with Gasteiger partial charge in [-0.15, -0.1) is 0 Å². The zero-order valence-corrected chi connectivity index (χ0v) is 16.3. The smallest absolute Gasteiger partial charge is 0.232 e. The Labute approximate surface area is 164 Å². The topological polar surface area (TPSA) is 99.9 Å².